The molecule has 4 rings (SSSR count). The number of carboxylic acid groups (broad SMARTS) is 1. The molecule has 29 heavy (non-hydrogen) atoms. The van der Waals surface area contributed by atoms with Gasteiger partial charge in [0.25, 0.3) is 0 Å². The summed E-state index contributed by atoms with van der Waals surface area (Å²) in [6.07, 6.45) is 2.58. The maximum absolute atomic E-state index is 12.3. The van der Waals surface area contributed by atoms with Gasteiger partial charge in [-0.1, -0.05) is 48.5 Å². The Labute approximate surface area is 168 Å². The summed E-state index contributed by atoms with van der Waals surface area (Å²) in [4.78, 5) is 27.8. The highest BCUT2D eigenvalue weighted by molar-refractivity contribution is 5.81. The number of carbonyl (C=O) groups excluding carboxylic acids is 1. The second kappa shape index (κ2) is 8.14. The van der Waals surface area contributed by atoms with Gasteiger partial charge in [-0.25, -0.2) is 9.59 Å². The summed E-state index contributed by atoms with van der Waals surface area (Å²) in [5.41, 5.74) is 5.25. The molecule has 1 amide bonds. The van der Waals surface area contributed by atoms with Crippen molar-refractivity contribution < 1.29 is 19.4 Å². The molecule has 1 aliphatic rings. The Balaban J connectivity index is 1.43. The van der Waals surface area contributed by atoms with E-state index in [1.54, 1.807) is 24.5 Å². The van der Waals surface area contributed by atoms with Crippen LogP contribution >= 0.6 is 0 Å². The Morgan fingerprint density at radius 3 is 2.14 bits per heavy atom. The molecule has 0 radical (unpaired) electrons. The molecule has 2 N–H and O–H groups in total. The van der Waals surface area contributed by atoms with Crippen LogP contribution in [0, 0.1) is 0 Å². The first-order valence-electron chi connectivity index (χ1n) is 9.36. The summed E-state index contributed by atoms with van der Waals surface area (Å²) in [7, 11) is 0. The van der Waals surface area contributed by atoms with E-state index in [0.29, 0.717) is 0 Å². The molecule has 2 aromatic carbocycles. The quantitative estimate of drug-likeness (QED) is 0.673. The predicted molar refractivity (Wildman–Crippen MR) is 108 cm³/mol. The number of aliphatic carboxylic acids is 1. The molecular formula is C23H20N2O4. The lowest BCUT2D eigenvalue weighted by Crippen LogP contribution is -2.42. The molecule has 1 aromatic heterocycles. The third-order valence-corrected chi connectivity index (χ3v) is 5.12. The number of hydrogen-bond donors (Lipinski definition) is 2. The summed E-state index contributed by atoms with van der Waals surface area (Å²) in [6.45, 7) is 0.140. The lowest BCUT2D eigenvalue weighted by Gasteiger charge is -2.17. The lowest BCUT2D eigenvalue weighted by molar-refractivity contribution is -0.139. The average molecular weight is 388 g/mol. The number of carboxylic acids is 1. The Kier molecular flexibility index (Phi) is 5.24. The zero-order chi connectivity index (χ0) is 20.2. The van der Waals surface area contributed by atoms with E-state index in [0.717, 1.165) is 27.8 Å². The van der Waals surface area contributed by atoms with Gasteiger partial charge in [-0.3, -0.25) is 4.98 Å². The molecule has 1 aliphatic carbocycles. The number of nitrogens with zero attached hydrogens (tertiary/aromatic N) is 1. The highest BCUT2D eigenvalue weighted by atomic mass is 16.5. The number of benzene rings is 2. The number of amides is 1. The van der Waals surface area contributed by atoms with E-state index in [-0.39, 0.29) is 18.9 Å². The summed E-state index contributed by atoms with van der Waals surface area (Å²) >= 11 is 0. The monoisotopic (exact) mass is 388 g/mol. The molecule has 0 unspecified atom stereocenters. The van der Waals surface area contributed by atoms with Gasteiger partial charge in [-0.05, 0) is 39.9 Å². The minimum absolute atomic E-state index is 0.0726. The molecule has 0 saturated heterocycles. The maximum Gasteiger partial charge on any atom is 0.407 e. The Hall–Kier alpha value is -3.67. The van der Waals surface area contributed by atoms with Gasteiger partial charge >= 0.3 is 12.1 Å². The number of alkyl carbamates (subject to hydrolysis) is 1. The van der Waals surface area contributed by atoms with Crippen LogP contribution in [0.25, 0.3) is 11.1 Å². The fourth-order valence-electron chi connectivity index (χ4n) is 3.74. The number of carbonyl (C=O) groups is 2. The van der Waals surface area contributed by atoms with E-state index >= 15 is 0 Å². The van der Waals surface area contributed by atoms with E-state index in [9.17, 15) is 14.7 Å². The molecule has 0 fully saturated rings. The number of aromatic nitrogens is 1. The van der Waals surface area contributed by atoms with Crippen molar-refractivity contribution >= 4 is 12.1 Å². The van der Waals surface area contributed by atoms with Crippen molar-refractivity contribution in [2.45, 2.75) is 18.4 Å². The van der Waals surface area contributed by atoms with Crippen LogP contribution in [-0.2, 0) is 16.0 Å². The molecule has 0 bridgehead atoms. The van der Waals surface area contributed by atoms with Crippen LogP contribution in [0.1, 0.15) is 22.6 Å². The van der Waals surface area contributed by atoms with E-state index in [2.05, 4.69) is 22.4 Å². The fraction of sp³-hybridized carbons (Fsp3) is 0.174. The van der Waals surface area contributed by atoms with Gasteiger partial charge in [0.05, 0.1) is 0 Å². The van der Waals surface area contributed by atoms with Gasteiger partial charge < -0.3 is 15.2 Å². The van der Waals surface area contributed by atoms with E-state index in [1.807, 2.05) is 36.4 Å². The first-order chi connectivity index (χ1) is 14.1. The van der Waals surface area contributed by atoms with Gasteiger partial charge in [0, 0.05) is 24.7 Å². The summed E-state index contributed by atoms with van der Waals surface area (Å²) in [5.74, 6) is -1.19. The van der Waals surface area contributed by atoms with Gasteiger partial charge in [-0.15, -0.1) is 0 Å². The minimum Gasteiger partial charge on any atom is -0.480 e. The Morgan fingerprint density at radius 1 is 0.966 bits per heavy atom. The summed E-state index contributed by atoms with van der Waals surface area (Å²) in [6, 6.07) is 18.4. The molecule has 0 spiro atoms. The minimum atomic E-state index is -1.12. The first-order valence-corrected chi connectivity index (χ1v) is 9.36. The largest absolute Gasteiger partial charge is 0.480 e. The van der Waals surface area contributed by atoms with Gasteiger partial charge in [-0.2, -0.15) is 0 Å². The lowest BCUT2D eigenvalue weighted by atomic mass is 9.98. The number of ether oxygens (including phenoxy) is 1. The Bertz CT molecular complexity index is 990. The molecule has 0 saturated carbocycles. The van der Waals surface area contributed by atoms with E-state index in [4.69, 9.17) is 4.74 Å². The molecule has 1 atom stereocenters. The van der Waals surface area contributed by atoms with Gasteiger partial charge in [0.1, 0.15) is 12.6 Å². The molecule has 3 aromatic rings. The molecule has 146 valence electrons. The van der Waals surface area contributed by atoms with Crippen molar-refractivity contribution in [1.29, 1.82) is 0 Å². The highest BCUT2D eigenvalue weighted by Gasteiger charge is 2.29. The third kappa shape index (κ3) is 3.96. The zero-order valence-electron chi connectivity index (χ0n) is 15.6. The highest BCUT2D eigenvalue weighted by Crippen LogP contribution is 2.44. The van der Waals surface area contributed by atoms with Crippen molar-refractivity contribution in [1.82, 2.24) is 10.3 Å². The molecule has 0 aliphatic heterocycles. The maximum atomic E-state index is 12.3. The molecule has 6 heteroatoms. The van der Waals surface area contributed by atoms with Crippen LogP contribution < -0.4 is 5.32 Å². The summed E-state index contributed by atoms with van der Waals surface area (Å²) in [5, 5.41) is 11.9. The molecular weight excluding hydrogens is 368 g/mol. The van der Waals surface area contributed by atoms with Crippen molar-refractivity contribution in [2.24, 2.45) is 0 Å². The van der Waals surface area contributed by atoms with Gasteiger partial charge in [0.2, 0.25) is 0 Å². The average Bonchev–Trinajstić information content (AvgIpc) is 3.06. The van der Waals surface area contributed by atoms with Crippen LogP contribution in [0.2, 0.25) is 0 Å². The van der Waals surface area contributed by atoms with Crippen LogP contribution in [0.3, 0.4) is 0 Å². The third-order valence-electron chi connectivity index (χ3n) is 5.12. The summed E-state index contributed by atoms with van der Waals surface area (Å²) < 4.78 is 5.43. The zero-order valence-corrected chi connectivity index (χ0v) is 15.6. The standard InChI is InChI=1S/C23H20N2O4/c26-22(27)21(13-15-9-11-24-12-10-15)25-23(28)29-14-20-18-7-3-1-5-16(18)17-6-2-4-8-19(17)20/h1-12,20-21H,13-14H2,(H,25,28)(H,26,27)/t21-/m1/s1. The Morgan fingerprint density at radius 2 is 1.55 bits per heavy atom. The predicted octanol–water partition coefficient (Wildman–Crippen LogP) is 3.62. The second-order valence-electron chi connectivity index (χ2n) is 6.92. The molecule has 6 nitrogen and oxygen atoms in total. The van der Waals surface area contributed by atoms with Crippen LogP contribution in [-0.4, -0.2) is 34.8 Å². The smallest absolute Gasteiger partial charge is 0.407 e. The number of fused-ring (bicyclic) bond motifs is 3. The van der Waals surface area contributed by atoms with Gasteiger partial charge in [0.15, 0.2) is 0 Å². The van der Waals surface area contributed by atoms with E-state index in [1.165, 1.54) is 0 Å². The van der Waals surface area contributed by atoms with E-state index < -0.39 is 18.1 Å². The van der Waals surface area contributed by atoms with Crippen molar-refractivity contribution in [2.75, 3.05) is 6.61 Å². The topological polar surface area (TPSA) is 88.5 Å². The van der Waals surface area contributed by atoms with Crippen molar-refractivity contribution in [3.8, 4) is 11.1 Å². The fourth-order valence-corrected chi connectivity index (χ4v) is 3.74. The number of rotatable bonds is 6. The number of pyridine rings is 1. The number of hydrogen-bond acceptors (Lipinski definition) is 4. The van der Waals surface area contributed by atoms with Crippen molar-refractivity contribution in [3.05, 3.63) is 89.7 Å². The van der Waals surface area contributed by atoms with Crippen LogP contribution in [0.4, 0.5) is 4.79 Å². The molecule has 1 heterocycles. The van der Waals surface area contributed by atoms with Crippen LogP contribution in [0.5, 0.6) is 0 Å². The first kappa shape index (κ1) is 18.7. The van der Waals surface area contributed by atoms with Crippen molar-refractivity contribution in [3.63, 3.8) is 0 Å². The SMILES string of the molecule is O=C(N[C@H](Cc1ccncc1)C(=O)O)OCC1c2ccccc2-c2ccccc21. The number of nitrogens with one attached hydrogen (secondary N) is 1. The van der Waals surface area contributed by atoms with Crippen LogP contribution in [0.15, 0.2) is 73.1 Å². The second-order valence-corrected chi connectivity index (χ2v) is 6.92. The normalized spacial score (nSPS) is 13.2.